The van der Waals surface area contributed by atoms with E-state index < -0.39 is 0 Å². The summed E-state index contributed by atoms with van der Waals surface area (Å²) in [4.78, 5) is 2.39. The van der Waals surface area contributed by atoms with E-state index in [4.69, 9.17) is 9.84 Å². The van der Waals surface area contributed by atoms with Crippen molar-refractivity contribution in [1.82, 2.24) is 0 Å². The lowest BCUT2D eigenvalue weighted by Crippen LogP contribution is -2.29. The van der Waals surface area contributed by atoms with E-state index in [1.165, 1.54) is 18.5 Å². The van der Waals surface area contributed by atoms with Crippen LogP contribution in [0.4, 0.5) is 5.69 Å². The van der Waals surface area contributed by atoms with Crippen LogP contribution in [0.3, 0.4) is 0 Å². The highest BCUT2D eigenvalue weighted by Crippen LogP contribution is 2.29. The lowest BCUT2D eigenvalue weighted by molar-refractivity contribution is 0.276. The van der Waals surface area contributed by atoms with Crippen molar-refractivity contribution in [2.45, 2.75) is 25.3 Å². The van der Waals surface area contributed by atoms with Crippen molar-refractivity contribution in [2.75, 3.05) is 18.1 Å². The van der Waals surface area contributed by atoms with Gasteiger partial charge in [-0.1, -0.05) is 18.2 Å². The smallest absolute Gasteiger partial charge is 0.127 e. The number of hydrogen-bond donors (Lipinski definition) is 1. The van der Waals surface area contributed by atoms with Crippen molar-refractivity contribution in [3.63, 3.8) is 0 Å². The fourth-order valence-corrected chi connectivity index (χ4v) is 2.96. The lowest BCUT2D eigenvalue weighted by atomic mass is 10.1. The molecule has 3 nitrogen and oxygen atoms in total. The van der Waals surface area contributed by atoms with Gasteiger partial charge < -0.3 is 14.7 Å². The van der Waals surface area contributed by atoms with Crippen molar-refractivity contribution >= 4 is 5.69 Å². The molecule has 3 rings (SSSR count). The highest BCUT2D eigenvalue weighted by Gasteiger charge is 2.23. The Morgan fingerprint density at radius 1 is 1.00 bits per heavy atom. The summed E-state index contributed by atoms with van der Waals surface area (Å²) in [6.07, 6.45) is 3.22. The lowest BCUT2D eigenvalue weighted by Gasteiger charge is -2.26. The maximum Gasteiger partial charge on any atom is 0.127 e. The molecule has 0 amide bonds. The first-order valence-corrected chi connectivity index (χ1v) is 7.57. The molecule has 1 aliphatic rings. The van der Waals surface area contributed by atoms with Crippen molar-refractivity contribution in [2.24, 2.45) is 0 Å². The average molecular weight is 283 g/mol. The number of anilines is 1. The Morgan fingerprint density at radius 2 is 1.71 bits per heavy atom. The van der Waals surface area contributed by atoms with Crippen LogP contribution in [0.1, 0.15) is 19.3 Å². The number of benzene rings is 2. The Kier molecular flexibility index (Phi) is 4.41. The standard InChI is InChI=1S/C18H21NO2/c20-14-12-15-5-4-13-19(15)16-8-10-18(11-9-16)21-17-6-2-1-3-7-17/h1-3,6-11,15,20H,4-5,12-14H2. The summed E-state index contributed by atoms with van der Waals surface area (Å²) in [5.41, 5.74) is 1.21. The van der Waals surface area contributed by atoms with E-state index in [2.05, 4.69) is 17.0 Å². The molecular formula is C18H21NO2. The molecular weight excluding hydrogens is 262 g/mol. The average Bonchev–Trinajstić information content (AvgIpc) is 2.98. The van der Waals surface area contributed by atoms with Gasteiger partial charge >= 0.3 is 0 Å². The van der Waals surface area contributed by atoms with Gasteiger partial charge in [-0.3, -0.25) is 0 Å². The second kappa shape index (κ2) is 6.64. The molecule has 2 aromatic carbocycles. The fraction of sp³-hybridized carbons (Fsp3) is 0.333. The number of aliphatic hydroxyl groups is 1. The Balaban J connectivity index is 1.69. The molecule has 1 saturated heterocycles. The van der Waals surface area contributed by atoms with Crippen LogP contribution in [0.25, 0.3) is 0 Å². The van der Waals surface area contributed by atoms with E-state index in [0.29, 0.717) is 6.04 Å². The Labute approximate surface area is 125 Å². The van der Waals surface area contributed by atoms with Gasteiger partial charge in [0.15, 0.2) is 0 Å². The molecule has 2 aromatic rings. The second-order valence-corrected chi connectivity index (χ2v) is 5.41. The predicted octanol–water partition coefficient (Wildman–Crippen LogP) is 3.83. The van der Waals surface area contributed by atoms with Gasteiger partial charge in [-0.15, -0.1) is 0 Å². The van der Waals surface area contributed by atoms with Gasteiger partial charge in [0.1, 0.15) is 11.5 Å². The van der Waals surface area contributed by atoms with E-state index in [9.17, 15) is 0 Å². The third-order valence-electron chi connectivity index (χ3n) is 3.99. The van der Waals surface area contributed by atoms with Crippen LogP contribution in [-0.2, 0) is 0 Å². The number of para-hydroxylation sites is 1. The third kappa shape index (κ3) is 3.37. The molecule has 0 bridgehead atoms. The van der Waals surface area contributed by atoms with Gasteiger partial charge in [-0.25, -0.2) is 0 Å². The minimum atomic E-state index is 0.260. The Bertz CT molecular complexity index is 553. The van der Waals surface area contributed by atoms with Gasteiger partial charge in [-0.2, -0.15) is 0 Å². The van der Waals surface area contributed by atoms with E-state index in [0.717, 1.165) is 24.5 Å². The zero-order valence-electron chi connectivity index (χ0n) is 12.1. The number of hydrogen-bond acceptors (Lipinski definition) is 3. The molecule has 3 heteroatoms. The summed E-state index contributed by atoms with van der Waals surface area (Å²) in [6.45, 7) is 1.33. The monoisotopic (exact) mass is 283 g/mol. The molecule has 21 heavy (non-hydrogen) atoms. The molecule has 0 radical (unpaired) electrons. The van der Waals surface area contributed by atoms with E-state index in [-0.39, 0.29) is 6.61 Å². The van der Waals surface area contributed by atoms with Gasteiger partial charge in [-0.05, 0) is 55.7 Å². The van der Waals surface area contributed by atoms with Crippen LogP contribution >= 0.6 is 0 Å². The van der Waals surface area contributed by atoms with Crippen molar-refractivity contribution in [3.05, 3.63) is 54.6 Å². The molecule has 0 spiro atoms. The van der Waals surface area contributed by atoms with Crippen molar-refractivity contribution in [3.8, 4) is 11.5 Å². The van der Waals surface area contributed by atoms with E-state index in [1.807, 2.05) is 42.5 Å². The van der Waals surface area contributed by atoms with Crippen molar-refractivity contribution < 1.29 is 9.84 Å². The highest BCUT2D eigenvalue weighted by molar-refractivity contribution is 5.51. The first-order valence-electron chi connectivity index (χ1n) is 7.57. The quantitative estimate of drug-likeness (QED) is 0.905. The normalized spacial score (nSPS) is 18.0. The Hall–Kier alpha value is -2.00. The first kappa shape index (κ1) is 14.0. The van der Waals surface area contributed by atoms with Crippen LogP contribution < -0.4 is 9.64 Å². The molecule has 0 aromatic heterocycles. The maximum absolute atomic E-state index is 9.15. The molecule has 1 fully saturated rings. The van der Waals surface area contributed by atoms with E-state index >= 15 is 0 Å². The molecule has 1 heterocycles. The molecule has 1 N–H and O–H groups in total. The van der Waals surface area contributed by atoms with Gasteiger partial charge in [0.25, 0.3) is 0 Å². The van der Waals surface area contributed by atoms with Crippen LogP contribution in [-0.4, -0.2) is 24.3 Å². The molecule has 1 atom stereocenters. The van der Waals surface area contributed by atoms with Crippen LogP contribution in [0.5, 0.6) is 11.5 Å². The van der Waals surface area contributed by atoms with Gasteiger partial charge in [0.2, 0.25) is 0 Å². The predicted molar refractivity (Wildman–Crippen MR) is 85.0 cm³/mol. The summed E-state index contributed by atoms with van der Waals surface area (Å²) in [6, 6.07) is 18.5. The Morgan fingerprint density at radius 3 is 2.43 bits per heavy atom. The summed E-state index contributed by atoms with van der Waals surface area (Å²) in [5.74, 6) is 1.70. The van der Waals surface area contributed by atoms with Gasteiger partial charge in [0.05, 0.1) is 0 Å². The minimum absolute atomic E-state index is 0.260. The second-order valence-electron chi connectivity index (χ2n) is 5.41. The fourth-order valence-electron chi connectivity index (χ4n) is 2.96. The summed E-state index contributed by atoms with van der Waals surface area (Å²) < 4.78 is 5.81. The first-order chi connectivity index (χ1) is 10.4. The minimum Gasteiger partial charge on any atom is -0.457 e. The van der Waals surface area contributed by atoms with Crippen LogP contribution in [0.15, 0.2) is 54.6 Å². The third-order valence-corrected chi connectivity index (χ3v) is 3.99. The molecule has 1 unspecified atom stereocenters. The summed E-state index contributed by atoms with van der Waals surface area (Å²) >= 11 is 0. The number of ether oxygens (including phenoxy) is 1. The van der Waals surface area contributed by atoms with Crippen LogP contribution in [0.2, 0.25) is 0 Å². The SMILES string of the molecule is OCCC1CCCN1c1ccc(Oc2ccccc2)cc1. The summed E-state index contributed by atoms with van der Waals surface area (Å²) in [5, 5.41) is 9.15. The number of aliphatic hydroxyl groups excluding tert-OH is 1. The number of nitrogens with zero attached hydrogens (tertiary/aromatic N) is 1. The molecule has 0 saturated carbocycles. The van der Waals surface area contributed by atoms with Crippen molar-refractivity contribution in [1.29, 1.82) is 0 Å². The van der Waals surface area contributed by atoms with Gasteiger partial charge in [0, 0.05) is 24.9 Å². The zero-order chi connectivity index (χ0) is 14.5. The van der Waals surface area contributed by atoms with Crippen LogP contribution in [0, 0.1) is 0 Å². The molecule has 1 aliphatic heterocycles. The molecule has 110 valence electrons. The molecule has 0 aliphatic carbocycles. The highest BCUT2D eigenvalue weighted by atomic mass is 16.5. The number of rotatable bonds is 5. The van der Waals surface area contributed by atoms with E-state index in [1.54, 1.807) is 0 Å². The largest absolute Gasteiger partial charge is 0.457 e. The zero-order valence-corrected chi connectivity index (χ0v) is 12.1. The maximum atomic E-state index is 9.15. The topological polar surface area (TPSA) is 32.7 Å². The summed E-state index contributed by atoms with van der Waals surface area (Å²) in [7, 11) is 0.